The average Bonchev–Trinajstić information content (AvgIpc) is 3.12. The minimum Gasteiger partial charge on any atom is -0.393 e. The number of aromatic nitrogens is 1. The number of aliphatic hydroxyl groups excluding tert-OH is 1. The highest BCUT2D eigenvalue weighted by Gasteiger charge is 2.39. The van der Waals surface area contributed by atoms with Crippen molar-refractivity contribution in [3.63, 3.8) is 0 Å². The number of carbonyl (C=O) groups is 1. The molecule has 0 aromatic carbocycles. The van der Waals surface area contributed by atoms with E-state index in [1.54, 1.807) is 6.20 Å². The van der Waals surface area contributed by atoms with Crippen molar-refractivity contribution < 1.29 is 14.6 Å². The van der Waals surface area contributed by atoms with E-state index >= 15 is 0 Å². The zero-order chi connectivity index (χ0) is 17.5. The molecule has 3 N–H and O–H groups in total. The third-order valence-electron chi connectivity index (χ3n) is 5.02. The number of pyridine rings is 1. The molecule has 0 unspecified atom stereocenters. The molecule has 7 nitrogen and oxygen atoms in total. The van der Waals surface area contributed by atoms with E-state index < -0.39 is 0 Å². The summed E-state index contributed by atoms with van der Waals surface area (Å²) in [7, 11) is 0. The maximum atomic E-state index is 12.5. The number of aliphatic hydroxyl groups is 1. The Morgan fingerprint density at radius 1 is 1.36 bits per heavy atom. The molecule has 2 saturated heterocycles. The fourth-order valence-corrected chi connectivity index (χ4v) is 3.67. The van der Waals surface area contributed by atoms with Crippen LogP contribution < -0.4 is 10.6 Å². The van der Waals surface area contributed by atoms with Crippen molar-refractivity contribution in [1.29, 1.82) is 0 Å². The third-order valence-corrected chi connectivity index (χ3v) is 5.02. The van der Waals surface area contributed by atoms with Gasteiger partial charge in [0, 0.05) is 44.4 Å². The highest BCUT2D eigenvalue weighted by molar-refractivity contribution is 5.74. The van der Waals surface area contributed by atoms with E-state index in [4.69, 9.17) is 4.74 Å². The lowest BCUT2D eigenvalue weighted by molar-refractivity contribution is -0.0576. The Morgan fingerprint density at radius 2 is 2.28 bits per heavy atom. The Morgan fingerprint density at radius 3 is 3.08 bits per heavy atom. The molecule has 0 bridgehead atoms. The minimum atomic E-state index is -0.366. The van der Waals surface area contributed by atoms with Gasteiger partial charge in [-0.15, -0.1) is 0 Å². The summed E-state index contributed by atoms with van der Waals surface area (Å²) in [5.41, 5.74) is 0. The third kappa shape index (κ3) is 4.83. The number of amides is 2. The van der Waals surface area contributed by atoms with Gasteiger partial charge in [-0.3, -0.25) is 0 Å². The first-order valence-electron chi connectivity index (χ1n) is 9.21. The fraction of sp³-hybridized carbons (Fsp3) is 0.667. The van der Waals surface area contributed by atoms with Crippen LogP contribution in [-0.2, 0) is 4.74 Å². The summed E-state index contributed by atoms with van der Waals surface area (Å²) in [6, 6.07) is 5.80. The molecule has 1 aromatic rings. The smallest absolute Gasteiger partial charge is 0.317 e. The topological polar surface area (TPSA) is 86.7 Å². The molecule has 7 heteroatoms. The molecule has 3 atom stereocenters. The van der Waals surface area contributed by atoms with Crippen molar-refractivity contribution in [3.05, 3.63) is 24.4 Å². The minimum absolute atomic E-state index is 0.0295. The number of ether oxygens (including phenoxy) is 1. The summed E-state index contributed by atoms with van der Waals surface area (Å²) in [6.45, 7) is 3.29. The second-order valence-electron chi connectivity index (χ2n) is 6.73. The summed E-state index contributed by atoms with van der Waals surface area (Å²) in [5, 5.41) is 16.5. The van der Waals surface area contributed by atoms with Crippen LogP contribution in [0.1, 0.15) is 25.7 Å². The Hall–Kier alpha value is -1.86. The van der Waals surface area contributed by atoms with Crippen LogP contribution in [0.25, 0.3) is 0 Å². The first-order chi connectivity index (χ1) is 12.3. The second kappa shape index (κ2) is 9.01. The maximum Gasteiger partial charge on any atom is 0.317 e. The van der Waals surface area contributed by atoms with Crippen LogP contribution in [0.3, 0.4) is 0 Å². The summed E-state index contributed by atoms with van der Waals surface area (Å²) in [6.07, 6.45) is 4.81. The van der Waals surface area contributed by atoms with Crippen LogP contribution in [0.15, 0.2) is 24.4 Å². The number of hydrogen-bond donors (Lipinski definition) is 3. The predicted octanol–water partition coefficient (Wildman–Crippen LogP) is 1.45. The number of nitrogens with zero attached hydrogens (tertiary/aromatic N) is 2. The number of rotatable bonds is 6. The molecule has 2 aliphatic rings. The quantitative estimate of drug-likeness (QED) is 0.678. The molecule has 2 fully saturated rings. The summed E-state index contributed by atoms with van der Waals surface area (Å²) in [5.74, 6) is 0.882. The van der Waals surface area contributed by atoms with Gasteiger partial charge >= 0.3 is 6.03 Å². The molecule has 3 rings (SSSR count). The molecule has 2 amide bonds. The van der Waals surface area contributed by atoms with Crippen molar-refractivity contribution in [1.82, 2.24) is 15.2 Å². The SMILES string of the molecule is O=C(NCCCNc1ccccn1)N1CCC[C@@H]1[C@@H]1COCC[C@H]1O. The largest absolute Gasteiger partial charge is 0.393 e. The summed E-state index contributed by atoms with van der Waals surface area (Å²) < 4.78 is 5.52. The van der Waals surface area contributed by atoms with Gasteiger partial charge in [-0.2, -0.15) is 0 Å². The lowest BCUT2D eigenvalue weighted by Gasteiger charge is -2.36. The lowest BCUT2D eigenvalue weighted by atomic mass is 9.89. The molecule has 0 saturated carbocycles. The van der Waals surface area contributed by atoms with Gasteiger partial charge in [0.15, 0.2) is 0 Å². The highest BCUT2D eigenvalue weighted by atomic mass is 16.5. The Labute approximate surface area is 148 Å². The predicted molar refractivity (Wildman–Crippen MR) is 95.4 cm³/mol. The van der Waals surface area contributed by atoms with Gasteiger partial charge < -0.3 is 25.4 Å². The zero-order valence-electron chi connectivity index (χ0n) is 14.6. The van der Waals surface area contributed by atoms with Crippen LogP contribution in [0.2, 0.25) is 0 Å². The molecular weight excluding hydrogens is 320 g/mol. The maximum absolute atomic E-state index is 12.5. The number of carbonyl (C=O) groups excluding carboxylic acids is 1. The lowest BCUT2D eigenvalue weighted by Crippen LogP contribution is -2.51. The normalized spacial score (nSPS) is 26.4. The van der Waals surface area contributed by atoms with Gasteiger partial charge in [0.25, 0.3) is 0 Å². The van der Waals surface area contributed by atoms with E-state index in [0.29, 0.717) is 26.2 Å². The second-order valence-corrected chi connectivity index (χ2v) is 6.73. The van der Waals surface area contributed by atoms with Crippen LogP contribution >= 0.6 is 0 Å². The van der Waals surface area contributed by atoms with Crippen molar-refractivity contribution >= 4 is 11.8 Å². The molecule has 3 heterocycles. The van der Waals surface area contributed by atoms with Crippen molar-refractivity contribution in [2.45, 2.75) is 37.8 Å². The molecule has 0 radical (unpaired) electrons. The van der Waals surface area contributed by atoms with E-state index in [0.717, 1.165) is 38.2 Å². The van der Waals surface area contributed by atoms with Gasteiger partial charge in [0.1, 0.15) is 5.82 Å². The van der Waals surface area contributed by atoms with Crippen molar-refractivity contribution in [2.24, 2.45) is 5.92 Å². The molecule has 2 aliphatic heterocycles. The van der Waals surface area contributed by atoms with E-state index in [1.165, 1.54) is 0 Å². The molecule has 0 aliphatic carbocycles. The van der Waals surface area contributed by atoms with E-state index in [1.807, 2.05) is 23.1 Å². The van der Waals surface area contributed by atoms with Crippen molar-refractivity contribution in [3.8, 4) is 0 Å². The zero-order valence-corrected chi connectivity index (χ0v) is 14.6. The fourth-order valence-electron chi connectivity index (χ4n) is 3.67. The number of hydrogen-bond acceptors (Lipinski definition) is 5. The molecule has 1 aromatic heterocycles. The number of urea groups is 1. The molecule has 0 spiro atoms. The Bertz CT molecular complexity index is 542. The monoisotopic (exact) mass is 348 g/mol. The Balaban J connectivity index is 1.39. The van der Waals surface area contributed by atoms with Gasteiger partial charge in [0.05, 0.1) is 12.7 Å². The average molecular weight is 348 g/mol. The van der Waals surface area contributed by atoms with E-state index in [9.17, 15) is 9.90 Å². The summed E-state index contributed by atoms with van der Waals surface area (Å²) >= 11 is 0. The van der Waals surface area contributed by atoms with Crippen LogP contribution in [0, 0.1) is 5.92 Å². The van der Waals surface area contributed by atoms with Gasteiger partial charge in [-0.05, 0) is 37.8 Å². The number of likely N-dealkylation sites (tertiary alicyclic amines) is 1. The number of anilines is 1. The van der Waals surface area contributed by atoms with Crippen LogP contribution in [0.5, 0.6) is 0 Å². The number of nitrogens with one attached hydrogen (secondary N) is 2. The molecular formula is C18H28N4O3. The van der Waals surface area contributed by atoms with E-state index in [-0.39, 0.29) is 24.1 Å². The van der Waals surface area contributed by atoms with E-state index in [2.05, 4.69) is 15.6 Å². The van der Waals surface area contributed by atoms with Gasteiger partial charge in [0.2, 0.25) is 0 Å². The van der Waals surface area contributed by atoms with Crippen molar-refractivity contribution in [2.75, 3.05) is 38.2 Å². The first-order valence-corrected chi connectivity index (χ1v) is 9.21. The molecule has 138 valence electrons. The van der Waals surface area contributed by atoms with Gasteiger partial charge in [-0.25, -0.2) is 9.78 Å². The van der Waals surface area contributed by atoms with Crippen LogP contribution in [-0.4, -0.2) is 66.0 Å². The summed E-state index contributed by atoms with van der Waals surface area (Å²) in [4.78, 5) is 18.6. The standard InChI is InChI=1S/C18H28N4O3/c23-16-7-12-25-13-14(16)15-5-3-11-22(15)18(24)21-10-4-9-20-17-6-1-2-8-19-17/h1-2,6,8,14-16,23H,3-5,7,9-13H2,(H,19,20)(H,21,24)/t14-,15+,16+/m0/s1. The molecule has 25 heavy (non-hydrogen) atoms. The van der Waals surface area contributed by atoms with Gasteiger partial charge in [-0.1, -0.05) is 6.07 Å². The Kier molecular flexibility index (Phi) is 6.47. The highest BCUT2D eigenvalue weighted by Crippen LogP contribution is 2.29. The van der Waals surface area contributed by atoms with Crippen LogP contribution in [0.4, 0.5) is 10.6 Å². The first kappa shape index (κ1) is 17.9.